The van der Waals surface area contributed by atoms with Gasteiger partial charge in [-0.05, 0) is 18.9 Å². The molecule has 0 spiro atoms. The molecule has 0 unspecified atom stereocenters. The fraction of sp³-hybridized carbons (Fsp3) is 0.250. The quantitative estimate of drug-likeness (QED) is 0.819. The number of fused-ring (bicyclic) bond motifs is 1. The minimum atomic E-state index is -0.888. The molecule has 0 atom stereocenters. The number of benzene rings is 1. The van der Waals surface area contributed by atoms with Gasteiger partial charge in [0.2, 0.25) is 5.43 Å². The zero-order chi connectivity index (χ0) is 16.0. The van der Waals surface area contributed by atoms with E-state index in [1.54, 1.807) is 0 Å². The standard InChI is InChI=1S/C16H13F2NO3/c1-3-9-12(17)6-10-14(13(9)18)19(8-4-5-8)7-11(15(10)20)16(21)22-2/h3,6-8H,1,4-5H2,2H3. The molecule has 22 heavy (non-hydrogen) atoms. The molecular formula is C16H13F2NO3. The van der Waals surface area contributed by atoms with Crippen LogP contribution in [0.1, 0.15) is 34.8 Å². The minimum Gasteiger partial charge on any atom is -0.465 e. The van der Waals surface area contributed by atoms with E-state index in [1.807, 2.05) is 0 Å². The third-order valence-corrected chi connectivity index (χ3v) is 3.79. The van der Waals surface area contributed by atoms with Gasteiger partial charge in [0.05, 0.1) is 18.0 Å². The number of carbonyl (C=O) groups excluding carboxylic acids is 1. The molecule has 1 heterocycles. The smallest absolute Gasteiger partial charge is 0.343 e. The number of aromatic nitrogens is 1. The number of nitrogens with zero attached hydrogens (tertiary/aromatic N) is 1. The van der Waals surface area contributed by atoms with Crippen LogP contribution < -0.4 is 5.43 Å². The maximum atomic E-state index is 14.6. The van der Waals surface area contributed by atoms with Gasteiger partial charge in [-0.15, -0.1) is 0 Å². The molecule has 1 aromatic heterocycles. The van der Waals surface area contributed by atoms with Gasteiger partial charge >= 0.3 is 5.97 Å². The van der Waals surface area contributed by atoms with Crippen LogP contribution in [0, 0.1) is 11.6 Å². The summed E-state index contributed by atoms with van der Waals surface area (Å²) in [6, 6.07) is 0.937. The summed E-state index contributed by atoms with van der Waals surface area (Å²) < 4.78 is 34.6. The lowest BCUT2D eigenvalue weighted by Crippen LogP contribution is -2.21. The van der Waals surface area contributed by atoms with E-state index in [0.717, 1.165) is 32.1 Å². The van der Waals surface area contributed by atoms with E-state index in [0.29, 0.717) is 0 Å². The lowest BCUT2D eigenvalue weighted by atomic mass is 10.1. The van der Waals surface area contributed by atoms with Crippen molar-refractivity contribution in [2.45, 2.75) is 18.9 Å². The SMILES string of the molecule is C=Cc1c(F)cc2c(=O)c(C(=O)OC)cn(C3CC3)c2c1F. The summed E-state index contributed by atoms with van der Waals surface area (Å²) in [5.74, 6) is -2.55. The van der Waals surface area contributed by atoms with Gasteiger partial charge in [-0.3, -0.25) is 4.79 Å². The van der Waals surface area contributed by atoms with Gasteiger partial charge in [0.15, 0.2) is 5.82 Å². The van der Waals surface area contributed by atoms with Crippen LogP contribution in [-0.4, -0.2) is 17.6 Å². The van der Waals surface area contributed by atoms with Gasteiger partial charge < -0.3 is 9.30 Å². The van der Waals surface area contributed by atoms with Crippen LogP contribution in [0.2, 0.25) is 0 Å². The predicted octanol–water partition coefficient (Wildman–Crippen LogP) is 3.04. The van der Waals surface area contributed by atoms with Gasteiger partial charge in [0.1, 0.15) is 11.4 Å². The van der Waals surface area contributed by atoms with Gasteiger partial charge in [0, 0.05) is 17.8 Å². The molecular weight excluding hydrogens is 292 g/mol. The largest absolute Gasteiger partial charge is 0.465 e. The predicted molar refractivity (Wildman–Crippen MR) is 77.8 cm³/mol. The zero-order valence-electron chi connectivity index (χ0n) is 11.9. The van der Waals surface area contributed by atoms with Crippen LogP contribution in [-0.2, 0) is 4.74 Å². The van der Waals surface area contributed by atoms with Crippen LogP contribution >= 0.6 is 0 Å². The number of esters is 1. The molecule has 3 rings (SSSR count). The molecule has 0 N–H and O–H groups in total. The van der Waals surface area contributed by atoms with E-state index in [1.165, 1.54) is 10.8 Å². The van der Waals surface area contributed by atoms with Crippen molar-refractivity contribution in [3.8, 4) is 0 Å². The summed E-state index contributed by atoms with van der Waals surface area (Å²) >= 11 is 0. The number of carbonyl (C=O) groups is 1. The van der Waals surface area contributed by atoms with Crippen LogP contribution in [0.25, 0.3) is 17.0 Å². The third kappa shape index (κ3) is 2.03. The maximum Gasteiger partial charge on any atom is 0.343 e. The van der Waals surface area contributed by atoms with Crippen molar-refractivity contribution in [1.82, 2.24) is 4.57 Å². The highest BCUT2D eigenvalue weighted by atomic mass is 19.1. The second-order valence-corrected chi connectivity index (χ2v) is 5.19. The molecule has 0 radical (unpaired) electrons. The van der Waals surface area contributed by atoms with E-state index in [9.17, 15) is 18.4 Å². The van der Waals surface area contributed by atoms with E-state index >= 15 is 0 Å². The third-order valence-electron chi connectivity index (χ3n) is 3.79. The second kappa shape index (κ2) is 5.05. The van der Waals surface area contributed by atoms with Crippen LogP contribution in [0.5, 0.6) is 0 Å². The maximum absolute atomic E-state index is 14.6. The van der Waals surface area contributed by atoms with E-state index in [-0.39, 0.29) is 28.1 Å². The van der Waals surface area contributed by atoms with Crippen molar-refractivity contribution in [2.24, 2.45) is 0 Å². The second-order valence-electron chi connectivity index (χ2n) is 5.19. The molecule has 1 saturated carbocycles. The average molecular weight is 305 g/mol. The first-order valence-electron chi connectivity index (χ1n) is 6.77. The van der Waals surface area contributed by atoms with Crippen molar-refractivity contribution in [2.75, 3.05) is 7.11 Å². The Morgan fingerprint density at radius 1 is 1.45 bits per heavy atom. The van der Waals surface area contributed by atoms with E-state index in [4.69, 9.17) is 0 Å². The van der Waals surface area contributed by atoms with E-state index in [2.05, 4.69) is 11.3 Å². The fourth-order valence-corrected chi connectivity index (χ4v) is 2.54. The molecule has 0 bridgehead atoms. The molecule has 4 nitrogen and oxygen atoms in total. The zero-order valence-corrected chi connectivity index (χ0v) is 11.9. The lowest BCUT2D eigenvalue weighted by Gasteiger charge is -2.14. The molecule has 0 aliphatic heterocycles. The number of methoxy groups -OCH3 is 1. The van der Waals surface area contributed by atoms with Gasteiger partial charge in [0.25, 0.3) is 0 Å². The topological polar surface area (TPSA) is 48.3 Å². The Labute approximate surface area is 124 Å². The first-order valence-corrected chi connectivity index (χ1v) is 6.77. The summed E-state index contributed by atoms with van der Waals surface area (Å²) in [4.78, 5) is 24.1. The molecule has 0 amide bonds. The number of ether oxygens (including phenoxy) is 1. The summed E-state index contributed by atoms with van der Waals surface area (Å²) in [7, 11) is 1.15. The highest BCUT2D eigenvalue weighted by Crippen LogP contribution is 2.38. The number of pyridine rings is 1. The molecule has 0 saturated heterocycles. The minimum absolute atomic E-state index is 0.00328. The van der Waals surface area contributed by atoms with Crippen LogP contribution in [0.4, 0.5) is 8.78 Å². The highest BCUT2D eigenvalue weighted by molar-refractivity contribution is 5.94. The Hall–Kier alpha value is -2.50. The molecule has 6 heteroatoms. The number of rotatable bonds is 3. The Kier molecular flexibility index (Phi) is 3.31. The Morgan fingerprint density at radius 3 is 2.68 bits per heavy atom. The fourth-order valence-electron chi connectivity index (χ4n) is 2.54. The van der Waals surface area contributed by atoms with Crippen molar-refractivity contribution >= 4 is 22.9 Å². The van der Waals surface area contributed by atoms with Gasteiger partial charge in [-0.1, -0.05) is 12.7 Å². The Bertz CT molecular complexity index is 866. The summed E-state index contributed by atoms with van der Waals surface area (Å²) in [5.41, 5.74) is -1.26. The van der Waals surface area contributed by atoms with Gasteiger partial charge in [-0.2, -0.15) is 0 Å². The molecule has 114 valence electrons. The summed E-state index contributed by atoms with van der Waals surface area (Å²) in [6.07, 6.45) is 3.97. The van der Waals surface area contributed by atoms with Crippen LogP contribution in [0.15, 0.2) is 23.6 Å². The number of hydrogen-bond acceptors (Lipinski definition) is 3. The molecule has 1 fully saturated rings. The van der Waals surface area contributed by atoms with Gasteiger partial charge in [-0.25, -0.2) is 13.6 Å². The molecule has 1 aliphatic rings. The molecule has 1 aliphatic carbocycles. The van der Waals surface area contributed by atoms with Crippen LogP contribution in [0.3, 0.4) is 0 Å². The molecule has 1 aromatic carbocycles. The lowest BCUT2D eigenvalue weighted by molar-refractivity contribution is 0.0598. The van der Waals surface area contributed by atoms with Crippen molar-refractivity contribution < 1.29 is 18.3 Å². The molecule has 2 aromatic rings. The Balaban J connectivity index is 2.48. The summed E-state index contributed by atoms with van der Waals surface area (Å²) in [6.45, 7) is 3.39. The summed E-state index contributed by atoms with van der Waals surface area (Å²) in [5, 5.41) is -0.171. The number of hydrogen-bond donors (Lipinski definition) is 0. The number of halogens is 2. The monoisotopic (exact) mass is 305 g/mol. The highest BCUT2D eigenvalue weighted by Gasteiger charge is 2.29. The van der Waals surface area contributed by atoms with Crippen molar-refractivity contribution in [3.05, 3.63) is 51.8 Å². The van der Waals surface area contributed by atoms with Crippen molar-refractivity contribution in [3.63, 3.8) is 0 Å². The normalized spacial score (nSPS) is 14.1. The first-order chi connectivity index (χ1) is 10.5. The average Bonchev–Trinajstić information content (AvgIpc) is 3.32. The van der Waals surface area contributed by atoms with Crippen molar-refractivity contribution in [1.29, 1.82) is 0 Å². The first kappa shape index (κ1) is 14.4. The Morgan fingerprint density at radius 2 is 2.14 bits per heavy atom. The van der Waals surface area contributed by atoms with E-state index < -0.39 is 23.0 Å².